The second-order valence-corrected chi connectivity index (χ2v) is 11.7. The van der Waals surface area contributed by atoms with Crippen LogP contribution in [0.4, 0.5) is 4.39 Å². The predicted octanol–water partition coefficient (Wildman–Crippen LogP) is 8.54. The lowest BCUT2D eigenvalue weighted by Gasteiger charge is -2.43. The monoisotopic (exact) mass is 478 g/mol. The molecule has 1 aliphatic carbocycles. The number of halogens is 1. The van der Waals surface area contributed by atoms with E-state index in [0.717, 1.165) is 51.6 Å². The molecule has 0 bridgehead atoms. The third-order valence-electron chi connectivity index (χ3n) is 8.39. The van der Waals surface area contributed by atoms with Gasteiger partial charge in [0, 0.05) is 22.9 Å². The van der Waals surface area contributed by atoms with E-state index in [4.69, 9.17) is 4.42 Å². The smallest absolute Gasteiger partial charge is 0.216 e. The maximum Gasteiger partial charge on any atom is 0.216 e. The molecule has 1 aliphatic rings. The molecule has 182 valence electrons. The molecule has 3 aromatic carbocycles. The van der Waals surface area contributed by atoms with Gasteiger partial charge in [-0.25, -0.2) is 8.96 Å². The van der Waals surface area contributed by atoms with E-state index in [0.29, 0.717) is 11.1 Å². The number of aromatic nitrogens is 1. The van der Waals surface area contributed by atoms with Crippen molar-refractivity contribution >= 4 is 21.9 Å². The van der Waals surface area contributed by atoms with Gasteiger partial charge in [0.2, 0.25) is 5.69 Å². The topological polar surface area (TPSA) is 17.0 Å². The highest BCUT2D eigenvalue weighted by Gasteiger charge is 2.39. The van der Waals surface area contributed by atoms with Crippen molar-refractivity contribution in [3.63, 3.8) is 0 Å². The fourth-order valence-corrected chi connectivity index (χ4v) is 6.27. The summed E-state index contributed by atoms with van der Waals surface area (Å²) in [5, 5.41) is 1.96. The van der Waals surface area contributed by atoms with Crippen molar-refractivity contribution in [1.82, 2.24) is 0 Å². The van der Waals surface area contributed by atoms with Crippen molar-refractivity contribution in [2.45, 2.75) is 58.3 Å². The van der Waals surface area contributed by atoms with Gasteiger partial charge in [0.1, 0.15) is 24.0 Å². The second-order valence-electron chi connectivity index (χ2n) is 11.7. The summed E-state index contributed by atoms with van der Waals surface area (Å²) in [5.74, 6) is -0.238. The molecule has 2 heterocycles. The van der Waals surface area contributed by atoms with Crippen LogP contribution in [0.3, 0.4) is 0 Å². The van der Waals surface area contributed by atoms with Crippen LogP contribution in [0.2, 0.25) is 0 Å². The van der Waals surface area contributed by atoms with Crippen molar-refractivity contribution in [2.24, 2.45) is 7.05 Å². The molecule has 0 spiro atoms. The second kappa shape index (κ2) is 7.77. The van der Waals surface area contributed by atoms with Gasteiger partial charge in [-0.3, -0.25) is 0 Å². The Hall–Kier alpha value is -3.46. The lowest BCUT2D eigenvalue weighted by atomic mass is 9.61. The fraction of sp³-hybridized carbons (Fsp3) is 0.303. The van der Waals surface area contributed by atoms with Gasteiger partial charge in [-0.1, -0.05) is 58.0 Å². The Bertz CT molecular complexity index is 1670. The van der Waals surface area contributed by atoms with Gasteiger partial charge in [-0.05, 0) is 71.0 Å². The molecule has 0 aliphatic heterocycles. The maximum absolute atomic E-state index is 15.9. The average Bonchev–Trinajstić information content (AvgIpc) is 3.21. The minimum Gasteiger partial charge on any atom is -0.454 e. The Kier molecular flexibility index (Phi) is 4.96. The molecular weight excluding hydrogens is 445 g/mol. The lowest BCUT2D eigenvalue weighted by molar-refractivity contribution is -0.660. The van der Waals surface area contributed by atoms with Crippen molar-refractivity contribution in [3.05, 3.63) is 89.4 Å². The molecule has 2 aromatic heterocycles. The first-order valence-electron chi connectivity index (χ1n) is 12.8. The van der Waals surface area contributed by atoms with Gasteiger partial charge in [-0.2, -0.15) is 0 Å². The third-order valence-corrected chi connectivity index (χ3v) is 8.39. The summed E-state index contributed by atoms with van der Waals surface area (Å²) >= 11 is 0. The molecule has 0 saturated heterocycles. The van der Waals surface area contributed by atoms with Gasteiger partial charge in [0.15, 0.2) is 6.20 Å². The Balaban J connectivity index is 1.73. The van der Waals surface area contributed by atoms with E-state index in [1.807, 2.05) is 31.4 Å². The van der Waals surface area contributed by atoms with Crippen LogP contribution in [0.5, 0.6) is 0 Å². The maximum atomic E-state index is 15.9. The predicted molar refractivity (Wildman–Crippen MR) is 146 cm³/mol. The molecule has 2 nitrogen and oxygen atoms in total. The van der Waals surface area contributed by atoms with Crippen LogP contribution in [-0.2, 0) is 17.9 Å². The number of rotatable bonds is 2. The Morgan fingerprint density at radius 2 is 1.47 bits per heavy atom. The van der Waals surface area contributed by atoms with E-state index < -0.39 is 0 Å². The molecule has 3 heteroatoms. The lowest BCUT2D eigenvalue weighted by Crippen LogP contribution is -2.34. The highest BCUT2D eigenvalue weighted by molar-refractivity contribution is 6.13. The Labute approximate surface area is 212 Å². The number of fused-ring (bicyclic) bond motifs is 4. The zero-order valence-corrected chi connectivity index (χ0v) is 22.0. The quantitative estimate of drug-likeness (QED) is 0.232. The van der Waals surface area contributed by atoms with Crippen LogP contribution < -0.4 is 4.57 Å². The molecule has 0 radical (unpaired) electrons. The Morgan fingerprint density at radius 3 is 2.22 bits per heavy atom. The van der Waals surface area contributed by atoms with Crippen LogP contribution in [0.15, 0.2) is 71.3 Å². The first-order chi connectivity index (χ1) is 17.1. The number of pyridine rings is 1. The number of furan rings is 1. The van der Waals surface area contributed by atoms with E-state index in [-0.39, 0.29) is 16.6 Å². The normalized spacial score (nSPS) is 16.4. The zero-order valence-electron chi connectivity index (χ0n) is 22.0. The van der Waals surface area contributed by atoms with Crippen molar-refractivity contribution in [1.29, 1.82) is 0 Å². The van der Waals surface area contributed by atoms with Crippen LogP contribution in [0.25, 0.3) is 44.3 Å². The van der Waals surface area contributed by atoms with Crippen LogP contribution in [0, 0.1) is 12.7 Å². The van der Waals surface area contributed by atoms with E-state index in [2.05, 4.69) is 75.6 Å². The average molecular weight is 479 g/mol. The molecule has 0 atom stereocenters. The molecule has 5 aromatic rings. The molecule has 0 amide bonds. The highest BCUT2D eigenvalue weighted by Crippen LogP contribution is 2.51. The zero-order chi connectivity index (χ0) is 25.4. The molecule has 0 saturated carbocycles. The number of benzene rings is 3. The molecule has 6 rings (SSSR count). The third kappa shape index (κ3) is 3.25. The standard InChI is InChI=1S/C33H33FNO/c1-20-13-14-21-22-15-16-25(34)28(31(22)36-30(21)27(20)26-12-7-8-19-35(26)6)23-10-9-11-24-29(23)33(4,5)18-17-32(24,2)3/h7-16,19H,17-18H2,1-6H3/q+1. The number of aryl methyl sites for hydroxylation is 2. The van der Waals surface area contributed by atoms with Crippen LogP contribution in [0.1, 0.15) is 57.2 Å². The first-order valence-corrected chi connectivity index (χ1v) is 12.8. The summed E-state index contributed by atoms with van der Waals surface area (Å²) in [7, 11) is 2.04. The van der Waals surface area contributed by atoms with E-state index in [1.165, 1.54) is 11.1 Å². The van der Waals surface area contributed by atoms with Gasteiger partial charge in [0.25, 0.3) is 0 Å². The minimum atomic E-state index is -0.238. The van der Waals surface area contributed by atoms with E-state index in [1.54, 1.807) is 6.07 Å². The summed E-state index contributed by atoms with van der Waals surface area (Å²) in [5.41, 5.74) is 8.78. The fourth-order valence-electron chi connectivity index (χ4n) is 6.27. The summed E-state index contributed by atoms with van der Waals surface area (Å²) in [6.45, 7) is 11.3. The van der Waals surface area contributed by atoms with Crippen LogP contribution >= 0.6 is 0 Å². The number of nitrogens with zero attached hydrogens (tertiary/aromatic N) is 1. The molecular formula is C33H33FNO+. The van der Waals surface area contributed by atoms with E-state index in [9.17, 15) is 0 Å². The van der Waals surface area contributed by atoms with Gasteiger partial charge in [-0.15, -0.1) is 0 Å². The minimum absolute atomic E-state index is 0.0471. The summed E-state index contributed by atoms with van der Waals surface area (Å²) < 4.78 is 24.7. The summed E-state index contributed by atoms with van der Waals surface area (Å²) in [6, 6.07) is 20.3. The number of hydrogen-bond donors (Lipinski definition) is 0. The van der Waals surface area contributed by atoms with Crippen LogP contribution in [-0.4, -0.2) is 0 Å². The van der Waals surface area contributed by atoms with Gasteiger partial charge >= 0.3 is 0 Å². The number of hydrogen-bond acceptors (Lipinski definition) is 1. The van der Waals surface area contributed by atoms with Gasteiger partial charge in [0.05, 0.1) is 11.1 Å². The summed E-state index contributed by atoms with van der Waals surface area (Å²) in [4.78, 5) is 0. The SMILES string of the molecule is Cc1ccc2c(oc3c(-c4cccc5c4C(C)(C)CCC5(C)C)c(F)ccc32)c1-c1cccc[n+]1C. The largest absolute Gasteiger partial charge is 0.454 e. The molecule has 0 fully saturated rings. The molecule has 36 heavy (non-hydrogen) atoms. The van der Waals surface area contributed by atoms with E-state index >= 15 is 4.39 Å². The van der Waals surface area contributed by atoms with Crippen molar-refractivity contribution in [2.75, 3.05) is 0 Å². The molecule has 0 unspecified atom stereocenters. The van der Waals surface area contributed by atoms with Crippen molar-refractivity contribution in [3.8, 4) is 22.4 Å². The van der Waals surface area contributed by atoms with Gasteiger partial charge < -0.3 is 4.42 Å². The first kappa shape index (κ1) is 23.0. The van der Waals surface area contributed by atoms with Crippen molar-refractivity contribution < 1.29 is 13.4 Å². The summed E-state index contributed by atoms with van der Waals surface area (Å²) in [6.07, 6.45) is 4.22. The highest BCUT2D eigenvalue weighted by atomic mass is 19.1. The Morgan fingerprint density at radius 1 is 0.778 bits per heavy atom. The molecule has 0 N–H and O–H groups in total.